The smallest absolute Gasteiger partial charge is 0.226 e. The molecule has 2 atom stereocenters. The van der Waals surface area contributed by atoms with E-state index >= 15 is 0 Å². The van der Waals surface area contributed by atoms with Crippen molar-refractivity contribution in [2.75, 3.05) is 32.9 Å². The Morgan fingerprint density at radius 2 is 2.11 bits per heavy atom. The van der Waals surface area contributed by atoms with Gasteiger partial charge in [-0.25, -0.2) is 0 Å². The second kappa shape index (κ2) is 9.04. The maximum atomic E-state index is 13.1. The minimum atomic E-state index is -0.533. The summed E-state index contributed by atoms with van der Waals surface area (Å²) in [4.78, 5) is 13.1. The molecule has 0 saturated carbocycles. The molecule has 152 valence electrons. The first-order valence-electron chi connectivity index (χ1n) is 9.61. The molecule has 0 saturated heterocycles. The summed E-state index contributed by atoms with van der Waals surface area (Å²) in [5.74, 6) is 0.279. The second-order valence-electron chi connectivity index (χ2n) is 8.20. The molecule has 0 aliphatic heterocycles. The van der Waals surface area contributed by atoms with Gasteiger partial charge in [-0.2, -0.15) is 0 Å². The second-order valence-corrected chi connectivity index (χ2v) is 8.20. The number of fused-ring (bicyclic) bond motifs is 1. The number of benzene rings is 1. The lowest BCUT2D eigenvalue weighted by molar-refractivity contribution is -0.132. The maximum Gasteiger partial charge on any atom is 0.226 e. The summed E-state index contributed by atoms with van der Waals surface area (Å²) in [7, 11) is 1.58. The van der Waals surface area contributed by atoms with Crippen LogP contribution in [0.2, 0.25) is 0 Å². The number of amides is 1. The number of nitrogens with two attached hydrogens (primary N) is 1. The highest BCUT2D eigenvalue weighted by Gasteiger charge is 2.41. The summed E-state index contributed by atoms with van der Waals surface area (Å²) < 4.78 is 10.4. The lowest BCUT2D eigenvalue weighted by Gasteiger charge is -2.29. The molecule has 0 spiro atoms. The molecule has 0 fully saturated rings. The molecule has 1 amide bonds. The zero-order chi connectivity index (χ0) is 20.2. The summed E-state index contributed by atoms with van der Waals surface area (Å²) in [6, 6.07) is 2.04. The number of aliphatic hydroxyl groups excluding tert-OH is 1. The molecule has 0 radical (unpaired) electrons. The molecule has 1 aromatic carbocycles. The van der Waals surface area contributed by atoms with Crippen molar-refractivity contribution in [1.82, 2.24) is 5.32 Å². The standard InChI is InChI=1S/C21H34N2O4/c1-13(2)18(11-27-12-26-5)23-20(25)21(4)9-16-8-15(6-7-24)14(3)19(22)17(16)10-21/h8,13,18,24H,6-7,9-12,22H2,1-5H3,(H,23,25)/t18-,21+/m1/s1. The van der Waals surface area contributed by atoms with Crippen molar-refractivity contribution in [3.05, 3.63) is 28.3 Å². The number of nitrogens with one attached hydrogen (secondary N) is 1. The Morgan fingerprint density at radius 1 is 1.41 bits per heavy atom. The van der Waals surface area contributed by atoms with Crippen LogP contribution in [0.1, 0.15) is 43.0 Å². The van der Waals surface area contributed by atoms with Crippen molar-refractivity contribution in [2.24, 2.45) is 11.3 Å². The number of nitrogen functional groups attached to an aromatic ring is 1. The SMILES string of the molecule is COCOC[C@@H](NC(=O)[C@@]1(C)Cc2cc(CCO)c(C)c(N)c2C1)C(C)C. The van der Waals surface area contributed by atoms with E-state index in [9.17, 15) is 9.90 Å². The van der Waals surface area contributed by atoms with Gasteiger partial charge in [0.05, 0.1) is 18.1 Å². The van der Waals surface area contributed by atoms with Crippen LogP contribution < -0.4 is 11.1 Å². The van der Waals surface area contributed by atoms with Crippen LogP contribution in [0.15, 0.2) is 6.07 Å². The van der Waals surface area contributed by atoms with E-state index in [0.29, 0.717) is 25.9 Å². The third-order valence-electron chi connectivity index (χ3n) is 5.64. The fourth-order valence-electron chi connectivity index (χ4n) is 3.76. The van der Waals surface area contributed by atoms with Crippen molar-refractivity contribution < 1.29 is 19.4 Å². The van der Waals surface area contributed by atoms with Crippen molar-refractivity contribution in [3.8, 4) is 0 Å². The van der Waals surface area contributed by atoms with Gasteiger partial charge in [0.2, 0.25) is 5.91 Å². The largest absolute Gasteiger partial charge is 0.398 e. The maximum absolute atomic E-state index is 13.1. The average Bonchev–Trinajstić information content (AvgIpc) is 2.96. The summed E-state index contributed by atoms with van der Waals surface area (Å²) >= 11 is 0. The van der Waals surface area contributed by atoms with E-state index in [1.165, 1.54) is 0 Å². The monoisotopic (exact) mass is 378 g/mol. The first-order valence-corrected chi connectivity index (χ1v) is 9.61. The molecule has 1 aliphatic rings. The van der Waals surface area contributed by atoms with Gasteiger partial charge in [-0.3, -0.25) is 4.79 Å². The quantitative estimate of drug-likeness (QED) is 0.347. The fourth-order valence-corrected chi connectivity index (χ4v) is 3.76. The van der Waals surface area contributed by atoms with Crippen LogP contribution >= 0.6 is 0 Å². The van der Waals surface area contributed by atoms with Crippen LogP contribution in [0, 0.1) is 18.3 Å². The summed E-state index contributed by atoms with van der Waals surface area (Å²) in [5, 5.41) is 12.5. The van der Waals surface area contributed by atoms with E-state index in [2.05, 4.69) is 25.2 Å². The number of ether oxygens (including phenoxy) is 2. The number of carbonyl (C=O) groups excluding carboxylic acids is 1. The van der Waals surface area contributed by atoms with Crippen LogP contribution in [0.25, 0.3) is 0 Å². The Kier molecular flexibility index (Phi) is 7.25. The Labute approximate surface area is 162 Å². The molecule has 0 aromatic heterocycles. The zero-order valence-electron chi connectivity index (χ0n) is 17.2. The minimum Gasteiger partial charge on any atom is -0.398 e. The molecular weight excluding hydrogens is 344 g/mol. The zero-order valence-corrected chi connectivity index (χ0v) is 17.2. The molecular formula is C21H34N2O4. The van der Waals surface area contributed by atoms with E-state index in [-0.39, 0.29) is 31.3 Å². The van der Waals surface area contributed by atoms with Gasteiger partial charge in [0, 0.05) is 19.4 Å². The van der Waals surface area contributed by atoms with Gasteiger partial charge >= 0.3 is 0 Å². The third kappa shape index (κ3) is 4.81. The molecule has 6 nitrogen and oxygen atoms in total. The number of hydrogen-bond acceptors (Lipinski definition) is 5. The average molecular weight is 379 g/mol. The van der Waals surface area contributed by atoms with Crippen molar-refractivity contribution >= 4 is 11.6 Å². The van der Waals surface area contributed by atoms with Crippen molar-refractivity contribution in [3.63, 3.8) is 0 Å². The van der Waals surface area contributed by atoms with E-state index in [4.69, 9.17) is 15.2 Å². The molecule has 4 N–H and O–H groups in total. The molecule has 0 bridgehead atoms. The Bertz CT molecular complexity index is 675. The molecule has 0 heterocycles. The normalized spacial score (nSPS) is 20.0. The Morgan fingerprint density at radius 3 is 2.70 bits per heavy atom. The first-order chi connectivity index (χ1) is 12.7. The Balaban J connectivity index is 2.16. The van der Waals surface area contributed by atoms with Gasteiger partial charge in [-0.15, -0.1) is 0 Å². The number of carbonyl (C=O) groups is 1. The number of aliphatic hydroxyl groups is 1. The van der Waals surface area contributed by atoms with Crippen LogP contribution in [0.4, 0.5) is 5.69 Å². The van der Waals surface area contributed by atoms with E-state index < -0.39 is 5.41 Å². The first kappa shape index (κ1) is 21.7. The number of methoxy groups -OCH3 is 1. The van der Waals surface area contributed by atoms with E-state index in [0.717, 1.165) is 27.9 Å². The molecule has 27 heavy (non-hydrogen) atoms. The summed E-state index contributed by atoms with van der Waals surface area (Å²) in [5.41, 5.74) is 10.9. The van der Waals surface area contributed by atoms with Gasteiger partial charge in [0.25, 0.3) is 0 Å². The Hall–Kier alpha value is -1.63. The molecule has 2 rings (SSSR count). The van der Waals surface area contributed by atoms with Gasteiger partial charge in [-0.05, 0) is 54.4 Å². The van der Waals surface area contributed by atoms with Gasteiger partial charge in [-0.1, -0.05) is 26.8 Å². The summed E-state index contributed by atoms with van der Waals surface area (Å²) in [6.45, 7) is 8.83. The predicted octanol–water partition coefficient (Wildman–Crippen LogP) is 1.98. The van der Waals surface area contributed by atoms with Crippen LogP contribution in [-0.2, 0) is 33.5 Å². The van der Waals surface area contributed by atoms with E-state index in [1.54, 1.807) is 7.11 Å². The highest BCUT2D eigenvalue weighted by Crippen LogP contribution is 2.42. The minimum absolute atomic E-state index is 0.0270. The highest BCUT2D eigenvalue weighted by atomic mass is 16.7. The summed E-state index contributed by atoms with van der Waals surface area (Å²) in [6.07, 6.45) is 1.86. The van der Waals surface area contributed by atoms with Crippen LogP contribution in [0.5, 0.6) is 0 Å². The number of anilines is 1. The highest BCUT2D eigenvalue weighted by molar-refractivity contribution is 5.85. The van der Waals surface area contributed by atoms with Crippen molar-refractivity contribution in [2.45, 2.75) is 53.0 Å². The number of rotatable bonds is 9. The third-order valence-corrected chi connectivity index (χ3v) is 5.64. The molecule has 0 unspecified atom stereocenters. The predicted molar refractivity (Wildman–Crippen MR) is 106 cm³/mol. The lowest BCUT2D eigenvalue weighted by atomic mass is 9.85. The van der Waals surface area contributed by atoms with Gasteiger partial charge < -0.3 is 25.6 Å². The molecule has 6 heteroatoms. The van der Waals surface area contributed by atoms with E-state index in [1.807, 2.05) is 13.8 Å². The molecule has 1 aliphatic carbocycles. The van der Waals surface area contributed by atoms with Gasteiger partial charge in [0.15, 0.2) is 0 Å². The van der Waals surface area contributed by atoms with Crippen LogP contribution in [-0.4, -0.2) is 44.2 Å². The van der Waals surface area contributed by atoms with Gasteiger partial charge in [0.1, 0.15) is 6.79 Å². The van der Waals surface area contributed by atoms with Crippen molar-refractivity contribution in [1.29, 1.82) is 0 Å². The molecule has 1 aromatic rings. The number of hydrogen-bond donors (Lipinski definition) is 3. The van der Waals surface area contributed by atoms with Crippen LogP contribution in [0.3, 0.4) is 0 Å². The lowest BCUT2D eigenvalue weighted by Crippen LogP contribution is -2.48. The fraction of sp³-hybridized carbons (Fsp3) is 0.667. The topological polar surface area (TPSA) is 93.8 Å².